The van der Waals surface area contributed by atoms with Crippen molar-refractivity contribution in [3.63, 3.8) is 0 Å². The Bertz CT molecular complexity index is 467. The maximum absolute atomic E-state index is 12.1. The van der Waals surface area contributed by atoms with Gasteiger partial charge in [-0.1, -0.05) is 0 Å². The minimum absolute atomic E-state index is 0.0448. The minimum atomic E-state index is -5.79. The van der Waals surface area contributed by atoms with E-state index in [1.165, 1.54) is 0 Å². The predicted molar refractivity (Wildman–Crippen MR) is 50.0 cm³/mol. The van der Waals surface area contributed by atoms with Gasteiger partial charge in [-0.2, -0.15) is 43.2 Å². The molecule has 0 heterocycles. The molecule has 2 atom stereocenters. The van der Waals surface area contributed by atoms with Gasteiger partial charge in [0.15, 0.2) is 10.5 Å². The van der Waals surface area contributed by atoms with Crippen LogP contribution in [0.15, 0.2) is 0 Å². The first-order valence-electron chi connectivity index (χ1n) is 4.34. The van der Waals surface area contributed by atoms with E-state index in [1.807, 2.05) is 0 Å². The van der Waals surface area contributed by atoms with E-state index in [9.17, 15) is 43.2 Å². The predicted octanol–water partition coefficient (Wildman–Crippen LogP) is 1.56. The first-order chi connectivity index (χ1) is 8.02. The molecule has 0 bridgehead atoms. The monoisotopic (exact) mass is 338 g/mol. The van der Waals surface area contributed by atoms with Crippen molar-refractivity contribution in [1.82, 2.24) is 0 Å². The van der Waals surface area contributed by atoms with Crippen molar-refractivity contribution in [3.8, 4) is 0 Å². The van der Waals surface area contributed by atoms with Crippen LogP contribution >= 0.6 is 0 Å². The summed E-state index contributed by atoms with van der Waals surface area (Å²) in [5.74, 6) is 0. The van der Waals surface area contributed by atoms with Crippen LogP contribution in [0.3, 0.4) is 0 Å². The van der Waals surface area contributed by atoms with E-state index in [-0.39, 0.29) is 13.8 Å². The third-order valence-electron chi connectivity index (χ3n) is 1.98. The van der Waals surface area contributed by atoms with Gasteiger partial charge < -0.3 is 0 Å². The van der Waals surface area contributed by atoms with E-state index in [4.69, 9.17) is 0 Å². The standard InChI is InChI=1S/C6H8F6O5S2/c1-3(5(7,8)9)18(13,14)17-19(15,16)4(2)6(10,11)12/h3-4H,1-2H3. The quantitative estimate of drug-likeness (QED) is 0.727. The highest BCUT2D eigenvalue weighted by atomic mass is 32.3. The summed E-state index contributed by atoms with van der Waals surface area (Å²) in [5, 5.41) is -6.56. The van der Waals surface area contributed by atoms with Gasteiger partial charge in [-0.05, 0) is 13.8 Å². The van der Waals surface area contributed by atoms with Gasteiger partial charge in [0.05, 0.1) is 0 Å². The van der Waals surface area contributed by atoms with Crippen molar-refractivity contribution in [2.75, 3.05) is 0 Å². The Labute approximate surface area is 104 Å². The second-order valence-electron chi connectivity index (χ2n) is 3.42. The second-order valence-corrected chi connectivity index (χ2v) is 7.35. The molecule has 5 nitrogen and oxygen atoms in total. The Kier molecular flexibility index (Phi) is 4.94. The molecule has 0 aliphatic heterocycles. The fourth-order valence-electron chi connectivity index (χ4n) is 0.577. The molecule has 116 valence electrons. The van der Waals surface area contributed by atoms with Gasteiger partial charge in [-0.3, -0.25) is 0 Å². The van der Waals surface area contributed by atoms with E-state index in [0.717, 1.165) is 0 Å². The zero-order valence-corrected chi connectivity index (χ0v) is 10.9. The Morgan fingerprint density at radius 1 is 0.737 bits per heavy atom. The molecule has 19 heavy (non-hydrogen) atoms. The summed E-state index contributed by atoms with van der Waals surface area (Å²) in [6, 6.07) is 0. The number of hydrogen-bond donors (Lipinski definition) is 0. The fourth-order valence-corrected chi connectivity index (χ4v) is 3.23. The van der Waals surface area contributed by atoms with Crippen LogP contribution in [0.2, 0.25) is 0 Å². The maximum Gasteiger partial charge on any atom is 0.407 e. The number of rotatable bonds is 4. The lowest BCUT2D eigenvalue weighted by molar-refractivity contribution is -0.128. The van der Waals surface area contributed by atoms with Crippen molar-refractivity contribution in [1.29, 1.82) is 0 Å². The summed E-state index contributed by atoms with van der Waals surface area (Å²) in [6.45, 7) is 0.0895. The van der Waals surface area contributed by atoms with Crippen molar-refractivity contribution in [2.24, 2.45) is 0 Å². The molecule has 0 spiro atoms. The van der Waals surface area contributed by atoms with E-state index >= 15 is 0 Å². The fraction of sp³-hybridized carbons (Fsp3) is 1.00. The van der Waals surface area contributed by atoms with Crippen LogP contribution in [0.25, 0.3) is 0 Å². The Hall–Kier alpha value is -0.560. The molecule has 0 fully saturated rings. The van der Waals surface area contributed by atoms with E-state index < -0.39 is 43.1 Å². The van der Waals surface area contributed by atoms with E-state index in [0.29, 0.717) is 0 Å². The Morgan fingerprint density at radius 2 is 0.947 bits per heavy atom. The molecule has 13 heteroatoms. The molecular formula is C6H8F6O5S2. The molecular weight excluding hydrogens is 330 g/mol. The van der Waals surface area contributed by atoms with Crippen molar-refractivity contribution in [2.45, 2.75) is 36.7 Å². The van der Waals surface area contributed by atoms with E-state index in [1.54, 1.807) is 0 Å². The smallest absolute Gasteiger partial charge is 0.198 e. The highest BCUT2D eigenvalue weighted by Crippen LogP contribution is 2.31. The van der Waals surface area contributed by atoms with Crippen molar-refractivity contribution >= 4 is 20.2 Å². The molecule has 0 aromatic carbocycles. The van der Waals surface area contributed by atoms with Crippen molar-refractivity contribution < 1.29 is 46.8 Å². The zero-order chi connectivity index (χ0) is 15.9. The van der Waals surface area contributed by atoms with Crippen LogP contribution in [-0.4, -0.2) is 39.7 Å². The van der Waals surface area contributed by atoms with Gasteiger partial charge in [-0.15, -0.1) is 3.63 Å². The third kappa shape index (κ3) is 4.80. The third-order valence-corrected chi connectivity index (χ3v) is 5.76. The Balaban J connectivity index is 5.38. The molecule has 0 amide bonds. The molecule has 0 rings (SSSR count). The zero-order valence-electron chi connectivity index (χ0n) is 9.28. The summed E-state index contributed by atoms with van der Waals surface area (Å²) in [4.78, 5) is 0. The average Bonchev–Trinajstić information content (AvgIpc) is 2.10. The SMILES string of the molecule is CC(C(F)(F)F)S(=O)(=O)OS(=O)(=O)C(C)C(F)(F)F. The van der Waals surface area contributed by atoms with Crippen LogP contribution in [0.4, 0.5) is 26.3 Å². The van der Waals surface area contributed by atoms with Crippen LogP contribution in [0.1, 0.15) is 13.8 Å². The topological polar surface area (TPSA) is 77.5 Å². The summed E-state index contributed by atoms with van der Waals surface area (Å²) < 4.78 is 119. The molecule has 0 N–H and O–H groups in total. The molecule has 0 aliphatic carbocycles. The van der Waals surface area contributed by atoms with E-state index in [2.05, 4.69) is 3.63 Å². The molecule has 2 unspecified atom stereocenters. The molecule has 0 aromatic heterocycles. The normalized spacial score (nSPS) is 18.1. The molecule has 0 saturated carbocycles. The highest BCUT2D eigenvalue weighted by molar-refractivity contribution is 8.00. The molecule has 0 aliphatic rings. The highest BCUT2D eigenvalue weighted by Gasteiger charge is 2.52. The number of halogens is 6. The molecule has 0 aromatic rings. The first-order valence-corrected chi connectivity index (χ1v) is 7.28. The van der Waals surface area contributed by atoms with Gasteiger partial charge >= 0.3 is 12.4 Å². The second kappa shape index (κ2) is 5.09. The summed E-state index contributed by atoms with van der Waals surface area (Å²) >= 11 is 0. The van der Waals surface area contributed by atoms with Gasteiger partial charge in [0.25, 0.3) is 20.2 Å². The van der Waals surface area contributed by atoms with Gasteiger partial charge in [0.1, 0.15) is 0 Å². The van der Waals surface area contributed by atoms with Gasteiger partial charge in [-0.25, -0.2) is 0 Å². The average molecular weight is 338 g/mol. The molecule has 0 radical (unpaired) electrons. The maximum atomic E-state index is 12.1. The minimum Gasteiger partial charge on any atom is -0.198 e. The van der Waals surface area contributed by atoms with Crippen molar-refractivity contribution in [3.05, 3.63) is 0 Å². The van der Waals surface area contributed by atoms with Crippen LogP contribution in [0.5, 0.6) is 0 Å². The van der Waals surface area contributed by atoms with Crippen LogP contribution < -0.4 is 0 Å². The number of hydrogen-bond acceptors (Lipinski definition) is 5. The van der Waals surface area contributed by atoms with Gasteiger partial charge in [0, 0.05) is 0 Å². The van der Waals surface area contributed by atoms with Crippen LogP contribution in [-0.2, 0) is 23.9 Å². The summed E-state index contributed by atoms with van der Waals surface area (Å²) in [5.41, 5.74) is 0. The molecule has 0 saturated heterocycles. The van der Waals surface area contributed by atoms with Gasteiger partial charge in [0.2, 0.25) is 0 Å². The lowest BCUT2D eigenvalue weighted by atomic mass is 10.5. The summed E-state index contributed by atoms with van der Waals surface area (Å²) in [7, 11) is -11.6. The van der Waals surface area contributed by atoms with Crippen LogP contribution in [0, 0.1) is 0 Å². The lowest BCUT2D eigenvalue weighted by Gasteiger charge is -2.19. The largest absolute Gasteiger partial charge is 0.407 e. The lowest BCUT2D eigenvalue weighted by Crippen LogP contribution is -2.41. The summed E-state index contributed by atoms with van der Waals surface area (Å²) in [6.07, 6.45) is -10.8. The first kappa shape index (κ1) is 18.4. The number of alkyl halides is 6. The Morgan fingerprint density at radius 3 is 1.11 bits per heavy atom.